The third kappa shape index (κ3) is 20.7. The number of hydrogen-bond acceptors (Lipinski definition) is 0. The van der Waals surface area contributed by atoms with Crippen molar-refractivity contribution >= 4 is 0 Å². The van der Waals surface area contributed by atoms with Crippen molar-refractivity contribution in [3.8, 4) is 0 Å². The van der Waals surface area contributed by atoms with E-state index in [0.717, 1.165) is 0 Å². The molecule has 1 aromatic carbocycles. The summed E-state index contributed by atoms with van der Waals surface area (Å²) >= 11 is 0. The minimum atomic E-state index is 1.28. The third-order valence-electron chi connectivity index (χ3n) is 8.89. The molecule has 0 saturated heterocycles. The van der Waals surface area contributed by atoms with E-state index in [1.165, 1.54) is 186 Å². The fourth-order valence-electron chi connectivity index (χ4n) is 6.29. The summed E-state index contributed by atoms with van der Waals surface area (Å²) in [7, 11) is 0. The Kier molecular flexibility index (Phi) is 25.5. The summed E-state index contributed by atoms with van der Waals surface area (Å²) in [5, 5.41) is 0. The molecule has 1 radical (unpaired) electrons. The van der Waals surface area contributed by atoms with E-state index in [2.05, 4.69) is 45.9 Å². The molecule has 0 heteroatoms. The molecule has 0 aliphatic heterocycles. The SMILES string of the molecule is CCCCCCCCCCCCCCCCc1c(CCCCCCCCCCCCCC)cccc1[C](C)C. The Bertz CT molecular complexity index is 627. The quantitative estimate of drug-likeness (QED) is 0.0888. The molecule has 0 bridgehead atoms. The molecule has 39 heavy (non-hydrogen) atoms. The molecule has 0 fully saturated rings. The molecule has 0 N–H and O–H groups in total. The van der Waals surface area contributed by atoms with Crippen molar-refractivity contribution in [1.82, 2.24) is 0 Å². The lowest BCUT2D eigenvalue weighted by Crippen LogP contribution is -2.03. The topological polar surface area (TPSA) is 0 Å². The second kappa shape index (κ2) is 27.4. The van der Waals surface area contributed by atoms with E-state index >= 15 is 0 Å². The average molecular weight is 540 g/mol. The zero-order valence-electron chi connectivity index (χ0n) is 27.5. The van der Waals surface area contributed by atoms with Crippen LogP contribution in [-0.4, -0.2) is 0 Å². The van der Waals surface area contributed by atoms with E-state index in [-0.39, 0.29) is 0 Å². The van der Waals surface area contributed by atoms with Gasteiger partial charge in [0.2, 0.25) is 0 Å². The van der Waals surface area contributed by atoms with Gasteiger partial charge in [0, 0.05) is 0 Å². The fraction of sp³-hybridized carbons (Fsp3) is 0.821. The maximum atomic E-state index is 2.43. The lowest BCUT2D eigenvalue weighted by atomic mass is 9.88. The summed E-state index contributed by atoms with van der Waals surface area (Å²) in [5.74, 6) is 1.49. The Labute approximate surface area is 247 Å². The first-order valence-electron chi connectivity index (χ1n) is 18.1. The molecule has 0 saturated carbocycles. The largest absolute Gasteiger partial charge is 0.0654 e. The number of aryl methyl sites for hydroxylation is 1. The number of benzene rings is 1. The molecule has 0 atom stereocenters. The Hall–Kier alpha value is -0.780. The molecule has 0 heterocycles. The van der Waals surface area contributed by atoms with Crippen LogP contribution in [0, 0.1) is 5.92 Å². The van der Waals surface area contributed by atoms with Crippen LogP contribution in [0.4, 0.5) is 0 Å². The molecule has 0 aliphatic rings. The van der Waals surface area contributed by atoms with E-state index in [1.807, 2.05) is 0 Å². The van der Waals surface area contributed by atoms with Crippen molar-refractivity contribution in [1.29, 1.82) is 0 Å². The van der Waals surface area contributed by atoms with Gasteiger partial charge in [-0.1, -0.05) is 200 Å². The summed E-state index contributed by atoms with van der Waals surface area (Å²) < 4.78 is 0. The predicted molar refractivity (Wildman–Crippen MR) is 179 cm³/mol. The Morgan fingerprint density at radius 2 is 0.744 bits per heavy atom. The smallest absolute Gasteiger partial charge is 0.000912 e. The third-order valence-corrected chi connectivity index (χ3v) is 8.89. The summed E-state index contributed by atoms with van der Waals surface area (Å²) in [5.41, 5.74) is 4.87. The molecule has 0 nitrogen and oxygen atoms in total. The number of hydrogen-bond donors (Lipinski definition) is 0. The van der Waals surface area contributed by atoms with Crippen LogP contribution >= 0.6 is 0 Å². The maximum Gasteiger partial charge on any atom is -0.000912 e. The Balaban J connectivity index is 2.15. The Morgan fingerprint density at radius 1 is 0.410 bits per heavy atom. The molecule has 0 amide bonds. The minimum absolute atomic E-state index is 1.28. The average Bonchev–Trinajstić information content (AvgIpc) is 2.94. The van der Waals surface area contributed by atoms with E-state index in [1.54, 1.807) is 16.7 Å². The highest BCUT2D eigenvalue weighted by Crippen LogP contribution is 2.26. The predicted octanol–water partition coefficient (Wildman–Crippen LogP) is 13.9. The fourth-order valence-corrected chi connectivity index (χ4v) is 6.29. The van der Waals surface area contributed by atoms with E-state index < -0.39 is 0 Å². The lowest BCUT2D eigenvalue weighted by Gasteiger charge is -2.17. The van der Waals surface area contributed by atoms with Crippen LogP contribution in [0.5, 0.6) is 0 Å². The molecule has 0 aliphatic carbocycles. The molecule has 1 aromatic rings. The monoisotopic (exact) mass is 540 g/mol. The van der Waals surface area contributed by atoms with Gasteiger partial charge in [-0.2, -0.15) is 0 Å². The standard InChI is InChI=1S/C39H71/c1-5-7-9-11-13-15-17-19-20-22-24-26-28-30-34-39-37(33-31-35-38(39)36(3)4)32-29-27-25-23-21-18-16-14-12-10-8-6-2/h31,33,35H,5-30,32,34H2,1-4H3. The zero-order valence-corrected chi connectivity index (χ0v) is 27.5. The van der Waals surface area contributed by atoms with Crippen molar-refractivity contribution in [2.45, 2.75) is 207 Å². The molecular weight excluding hydrogens is 468 g/mol. The first kappa shape index (κ1) is 36.2. The minimum Gasteiger partial charge on any atom is -0.0654 e. The van der Waals surface area contributed by atoms with Gasteiger partial charge in [0.15, 0.2) is 0 Å². The Morgan fingerprint density at radius 3 is 1.10 bits per heavy atom. The van der Waals surface area contributed by atoms with E-state index in [9.17, 15) is 0 Å². The van der Waals surface area contributed by atoms with Crippen molar-refractivity contribution < 1.29 is 0 Å². The van der Waals surface area contributed by atoms with Crippen molar-refractivity contribution in [2.75, 3.05) is 0 Å². The van der Waals surface area contributed by atoms with E-state index in [4.69, 9.17) is 0 Å². The molecular formula is C39H71. The molecule has 227 valence electrons. The normalized spacial score (nSPS) is 11.6. The van der Waals surface area contributed by atoms with Gasteiger partial charge in [-0.05, 0) is 48.3 Å². The van der Waals surface area contributed by atoms with Gasteiger partial charge in [0.05, 0.1) is 0 Å². The molecule has 1 rings (SSSR count). The van der Waals surface area contributed by atoms with Gasteiger partial charge >= 0.3 is 0 Å². The highest BCUT2D eigenvalue weighted by molar-refractivity contribution is 5.42. The van der Waals surface area contributed by atoms with Crippen LogP contribution in [0.1, 0.15) is 211 Å². The highest BCUT2D eigenvalue weighted by atomic mass is 14.2. The molecule has 0 spiro atoms. The van der Waals surface area contributed by atoms with Crippen LogP contribution in [0.25, 0.3) is 0 Å². The van der Waals surface area contributed by atoms with Crippen LogP contribution in [-0.2, 0) is 12.8 Å². The van der Waals surface area contributed by atoms with Crippen LogP contribution in [0.15, 0.2) is 18.2 Å². The second-order valence-corrected chi connectivity index (χ2v) is 12.9. The summed E-state index contributed by atoms with van der Waals surface area (Å²) in [4.78, 5) is 0. The molecule has 0 unspecified atom stereocenters. The van der Waals surface area contributed by atoms with Crippen LogP contribution in [0.2, 0.25) is 0 Å². The number of rotatable bonds is 29. The first-order valence-corrected chi connectivity index (χ1v) is 18.1. The molecule has 0 aromatic heterocycles. The highest BCUT2D eigenvalue weighted by Gasteiger charge is 2.11. The lowest BCUT2D eigenvalue weighted by molar-refractivity contribution is 0.535. The van der Waals surface area contributed by atoms with Gasteiger partial charge in [0.25, 0.3) is 0 Å². The summed E-state index contributed by atoms with van der Waals surface area (Å²) in [6.45, 7) is 9.22. The second-order valence-electron chi connectivity index (χ2n) is 12.9. The van der Waals surface area contributed by atoms with Gasteiger partial charge in [0.1, 0.15) is 0 Å². The summed E-state index contributed by atoms with van der Waals surface area (Å²) in [6, 6.07) is 7.12. The van der Waals surface area contributed by atoms with Gasteiger partial charge in [-0.15, -0.1) is 0 Å². The van der Waals surface area contributed by atoms with Gasteiger partial charge in [-0.25, -0.2) is 0 Å². The summed E-state index contributed by atoms with van der Waals surface area (Å²) in [6.07, 6.45) is 40.0. The first-order chi connectivity index (χ1) is 19.2. The van der Waals surface area contributed by atoms with Crippen LogP contribution < -0.4 is 0 Å². The maximum absolute atomic E-state index is 2.43. The number of unbranched alkanes of at least 4 members (excludes halogenated alkanes) is 24. The van der Waals surface area contributed by atoms with Crippen LogP contribution in [0.3, 0.4) is 0 Å². The van der Waals surface area contributed by atoms with Crippen molar-refractivity contribution in [3.05, 3.63) is 40.8 Å². The zero-order chi connectivity index (χ0) is 28.2. The van der Waals surface area contributed by atoms with Crippen molar-refractivity contribution in [3.63, 3.8) is 0 Å². The van der Waals surface area contributed by atoms with Gasteiger partial charge in [-0.3, -0.25) is 0 Å². The van der Waals surface area contributed by atoms with Gasteiger partial charge < -0.3 is 0 Å². The van der Waals surface area contributed by atoms with E-state index in [0.29, 0.717) is 0 Å². The van der Waals surface area contributed by atoms with Crippen molar-refractivity contribution in [2.24, 2.45) is 0 Å².